The summed E-state index contributed by atoms with van der Waals surface area (Å²) in [7, 11) is 0. The lowest BCUT2D eigenvalue weighted by Gasteiger charge is -2.29. The Hall–Kier alpha value is -3.48. The van der Waals surface area contributed by atoms with Gasteiger partial charge in [-0.15, -0.1) is 0 Å². The van der Waals surface area contributed by atoms with Crippen LogP contribution in [0.5, 0.6) is 11.5 Å². The first kappa shape index (κ1) is 18.5. The number of nitrogens with zero attached hydrogens (tertiary/aromatic N) is 1. The summed E-state index contributed by atoms with van der Waals surface area (Å²) in [6.45, 7) is 3.71. The summed E-state index contributed by atoms with van der Waals surface area (Å²) in [5.41, 5.74) is 1.37. The van der Waals surface area contributed by atoms with Gasteiger partial charge in [0.05, 0.1) is 0 Å². The zero-order valence-electron chi connectivity index (χ0n) is 16.6. The highest BCUT2D eigenvalue weighted by Gasteiger charge is 2.29. The van der Waals surface area contributed by atoms with E-state index in [-0.39, 0.29) is 24.4 Å². The number of likely N-dealkylation sites (tertiary alicyclic amines) is 1. The number of anilines is 1. The first-order valence-electron chi connectivity index (χ1n) is 10.1. The van der Waals surface area contributed by atoms with E-state index in [2.05, 4.69) is 12.2 Å². The van der Waals surface area contributed by atoms with E-state index in [4.69, 9.17) is 13.9 Å². The summed E-state index contributed by atoms with van der Waals surface area (Å²) in [5.74, 6) is 1.36. The smallest absolute Gasteiger partial charge is 0.291 e. The highest BCUT2D eigenvalue weighted by atomic mass is 16.7. The van der Waals surface area contributed by atoms with Gasteiger partial charge in [-0.3, -0.25) is 9.59 Å². The largest absolute Gasteiger partial charge is 0.454 e. The maximum Gasteiger partial charge on any atom is 0.291 e. The third-order valence-electron chi connectivity index (χ3n) is 5.73. The first-order chi connectivity index (χ1) is 14.6. The highest BCUT2D eigenvalue weighted by Crippen LogP contribution is 2.35. The molecule has 30 heavy (non-hydrogen) atoms. The minimum absolute atomic E-state index is 0.139. The second-order valence-corrected chi connectivity index (χ2v) is 7.80. The summed E-state index contributed by atoms with van der Waals surface area (Å²) < 4.78 is 16.6. The molecule has 0 spiro atoms. The average Bonchev–Trinajstić information content (AvgIpc) is 3.38. The van der Waals surface area contributed by atoms with Crippen LogP contribution in [0.4, 0.5) is 5.69 Å². The molecular formula is C23H22N2O5. The molecule has 2 amide bonds. The van der Waals surface area contributed by atoms with Crippen molar-refractivity contribution in [1.82, 2.24) is 4.90 Å². The molecular weight excluding hydrogens is 384 g/mol. The van der Waals surface area contributed by atoms with Gasteiger partial charge < -0.3 is 24.1 Å². The molecule has 154 valence electrons. The molecule has 2 aliphatic rings. The summed E-state index contributed by atoms with van der Waals surface area (Å²) in [6, 6.07) is 12.3. The Labute approximate surface area is 173 Å². The number of rotatable bonds is 3. The highest BCUT2D eigenvalue weighted by molar-refractivity contribution is 6.14. The maximum atomic E-state index is 13.2. The first-order valence-corrected chi connectivity index (χ1v) is 10.1. The molecule has 3 aromatic rings. The van der Waals surface area contributed by atoms with Crippen molar-refractivity contribution < 1.29 is 23.5 Å². The summed E-state index contributed by atoms with van der Waals surface area (Å²) in [4.78, 5) is 28.0. The van der Waals surface area contributed by atoms with E-state index < -0.39 is 0 Å². The predicted molar refractivity (Wildman–Crippen MR) is 111 cm³/mol. The number of nitrogens with one attached hydrogen (secondary N) is 1. The zero-order valence-corrected chi connectivity index (χ0v) is 16.6. The van der Waals surface area contributed by atoms with Gasteiger partial charge >= 0.3 is 0 Å². The number of furan rings is 1. The van der Waals surface area contributed by atoms with Crippen LogP contribution >= 0.6 is 0 Å². The third-order valence-corrected chi connectivity index (χ3v) is 5.73. The number of fused-ring (bicyclic) bond motifs is 2. The number of piperidine rings is 1. The average molecular weight is 406 g/mol. The molecule has 0 bridgehead atoms. The minimum atomic E-state index is -0.346. The molecule has 0 unspecified atom stereocenters. The Morgan fingerprint density at radius 3 is 2.63 bits per heavy atom. The van der Waals surface area contributed by atoms with Crippen LogP contribution in [0.3, 0.4) is 0 Å². The monoisotopic (exact) mass is 406 g/mol. The van der Waals surface area contributed by atoms with Gasteiger partial charge in [0.1, 0.15) is 11.3 Å². The molecule has 1 aromatic heterocycles. The minimum Gasteiger partial charge on any atom is -0.454 e. The molecule has 0 atom stereocenters. The van der Waals surface area contributed by atoms with Crippen molar-refractivity contribution in [2.75, 3.05) is 25.2 Å². The van der Waals surface area contributed by atoms with Crippen molar-refractivity contribution in [3.8, 4) is 11.5 Å². The SMILES string of the molecule is CC1CCN(C(=O)c2oc3ccccc3c2NC(=O)c2ccc3c(c2)OCO3)CC1. The number of hydrogen-bond donors (Lipinski definition) is 1. The second-order valence-electron chi connectivity index (χ2n) is 7.80. The lowest BCUT2D eigenvalue weighted by molar-refractivity contribution is 0.0669. The van der Waals surface area contributed by atoms with E-state index >= 15 is 0 Å². The van der Waals surface area contributed by atoms with Gasteiger partial charge in [-0.25, -0.2) is 0 Å². The lowest BCUT2D eigenvalue weighted by Crippen LogP contribution is -2.38. The quantitative estimate of drug-likeness (QED) is 0.702. The Bertz CT molecular complexity index is 1130. The van der Waals surface area contributed by atoms with Gasteiger partial charge in [-0.1, -0.05) is 19.1 Å². The van der Waals surface area contributed by atoms with E-state index in [0.29, 0.717) is 52.7 Å². The van der Waals surface area contributed by atoms with Crippen LogP contribution in [0.1, 0.15) is 40.7 Å². The Morgan fingerprint density at radius 2 is 1.80 bits per heavy atom. The van der Waals surface area contributed by atoms with Crippen molar-refractivity contribution in [3.63, 3.8) is 0 Å². The molecule has 2 aromatic carbocycles. The fourth-order valence-electron chi connectivity index (χ4n) is 3.90. The van der Waals surface area contributed by atoms with Gasteiger partial charge in [0.15, 0.2) is 11.5 Å². The van der Waals surface area contributed by atoms with Gasteiger partial charge in [0.25, 0.3) is 11.8 Å². The Morgan fingerprint density at radius 1 is 1.03 bits per heavy atom. The van der Waals surface area contributed by atoms with E-state index in [1.165, 1.54) is 0 Å². The van der Waals surface area contributed by atoms with E-state index in [1.807, 2.05) is 18.2 Å². The van der Waals surface area contributed by atoms with Crippen molar-refractivity contribution >= 4 is 28.5 Å². The van der Waals surface area contributed by atoms with Crippen LogP contribution in [-0.2, 0) is 0 Å². The molecule has 7 heteroatoms. The molecule has 2 aliphatic heterocycles. The number of benzene rings is 2. The number of carbonyl (C=O) groups is 2. The molecule has 0 saturated carbocycles. The van der Waals surface area contributed by atoms with Crippen LogP contribution in [0.15, 0.2) is 46.9 Å². The zero-order chi connectivity index (χ0) is 20.7. The topological polar surface area (TPSA) is 81.0 Å². The fraction of sp³-hybridized carbons (Fsp3) is 0.304. The molecule has 7 nitrogen and oxygen atoms in total. The van der Waals surface area contributed by atoms with Crippen LogP contribution in [0.2, 0.25) is 0 Å². The van der Waals surface area contributed by atoms with Gasteiger partial charge in [0.2, 0.25) is 12.6 Å². The maximum absolute atomic E-state index is 13.2. The van der Waals surface area contributed by atoms with E-state index in [0.717, 1.165) is 12.8 Å². The van der Waals surface area contributed by atoms with Gasteiger partial charge in [-0.05, 0) is 49.1 Å². The molecule has 0 radical (unpaired) electrons. The molecule has 1 fully saturated rings. The van der Waals surface area contributed by atoms with Crippen LogP contribution in [0.25, 0.3) is 11.0 Å². The second kappa shape index (κ2) is 7.40. The number of hydrogen-bond acceptors (Lipinski definition) is 5. The van der Waals surface area contributed by atoms with Crippen LogP contribution < -0.4 is 14.8 Å². The number of amides is 2. The summed E-state index contributed by atoms with van der Waals surface area (Å²) in [6.07, 6.45) is 1.93. The van der Waals surface area contributed by atoms with Crippen molar-refractivity contribution in [2.45, 2.75) is 19.8 Å². The number of carbonyl (C=O) groups excluding carboxylic acids is 2. The fourth-order valence-corrected chi connectivity index (χ4v) is 3.90. The third kappa shape index (κ3) is 3.26. The molecule has 3 heterocycles. The van der Waals surface area contributed by atoms with Gasteiger partial charge in [0, 0.05) is 24.0 Å². The standard InChI is InChI=1S/C23H22N2O5/c1-14-8-10-25(11-9-14)23(27)21-20(16-4-2-3-5-17(16)30-21)24-22(26)15-6-7-18-19(12-15)29-13-28-18/h2-7,12,14H,8-11,13H2,1H3,(H,24,26). The normalized spacial score (nSPS) is 16.1. The van der Waals surface area contributed by atoms with Crippen LogP contribution in [-0.4, -0.2) is 36.6 Å². The lowest BCUT2D eigenvalue weighted by atomic mass is 9.99. The summed E-state index contributed by atoms with van der Waals surface area (Å²) in [5, 5.41) is 3.59. The van der Waals surface area contributed by atoms with Crippen LogP contribution in [0, 0.1) is 5.92 Å². The van der Waals surface area contributed by atoms with Crippen molar-refractivity contribution in [3.05, 3.63) is 53.8 Å². The molecule has 0 aliphatic carbocycles. The Balaban J connectivity index is 1.48. The van der Waals surface area contributed by atoms with E-state index in [9.17, 15) is 9.59 Å². The van der Waals surface area contributed by atoms with Crippen molar-refractivity contribution in [2.24, 2.45) is 5.92 Å². The number of ether oxygens (including phenoxy) is 2. The van der Waals surface area contributed by atoms with E-state index in [1.54, 1.807) is 29.2 Å². The molecule has 1 saturated heterocycles. The molecule has 5 rings (SSSR count). The van der Waals surface area contributed by atoms with Crippen molar-refractivity contribution in [1.29, 1.82) is 0 Å². The molecule has 1 N–H and O–H groups in total. The summed E-state index contributed by atoms with van der Waals surface area (Å²) >= 11 is 0. The predicted octanol–water partition coefficient (Wildman–Crippen LogP) is 4.29. The number of para-hydroxylation sites is 1. The Kier molecular flexibility index (Phi) is 4.58. The van der Waals surface area contributed by atoms with Gasteiger partial charge in [-0.2, -0.15) is 0 Å².